The van der Waals surface area contributed by atoms with Gasteiger partial charge in [-0.15, -0.1) is 0 Å². The third-order valence-electron chi connectivity index (χ3n) is 2.38. The van der Waals surface area contributed by atoms with E-state index < -0.39 is 5.97 Å². The summed E-state index contributed by atoms with van der Waals surface area (Å²) in [5.41, 5.74) is 1.94. The van der Waals surface area contributed by atoms with Crippen molar-refractivity contribution in [1.29, 1.82) is 0 Å². The van der Waals surface area contributed by atoms with Crippen molar-refractivity contribution in [1.82, 2.24) is 10.2 Å². The molecule has 0 aromatic carbocycles. The van der Waals surface area contributed by atoms with E-state index in [0.717, 1.165) is 0 Å². The summed E-state index contributed by atoms with van der Waals surface area (Å²) in [6, 6.07) is 1.69. The Morgan fingerprint density at radius 1 is 1.56 bits per heavy atom. The average Bonchev–Trinajstić information content (AvgIpc) is 2.85. The van der Waals surface area contributed by atoms with Crippen molar-refractivity contribution in [3.8, 4) is 11.3 Å². The molecule has 0 radical (unpaired) electrons. The minimum Gasteiger partial charge on any atom is -0.478 e. The van der Waals surface area contributed by atoms with Crippen LogP contribution in [0.5, 0.6) is 0 Å². The number of aromatic amines is 1. The Kier molecular flexibility index (Phi) is 2.52. The number of carboxylic acid groups (broad SMARTS) is 1. The normalized spacial score (nSPS) is 10.9. The van der Waals surface area contributed by atoms with E-state index in [4.69, 9.17) is 4.42 Å². The van der Waals surface area contributed by atoms with Crippen molar-refractivity contribution in [2.75, 3.05) is 0 Å². The Hall–Kier alpha value is -2.04. The first kappa shape index (κ1) is 10.5. The number of carboxylic acids is 1. The zero-order valence-corrected chi connectivity index (χ0v) is 9.02. The molecule has 0 amide bonds. The van der Waals surface area contributed by atoms with Gasteiger partial charge in [0.15, 0.2) is 0 Å². The SMILES string of the molecule is CC(C)c1[nH]nc(-c2ccoc2)c1C(=O)O. The highest BCUT2D eigenvalue weighted by atomic mass is 16.4. The van der Waals surface area contributed by atoms with E-state index in [-0.39, 0.29) is 11.5 Å². The van der Waals surface area contributed by atoms with Crippen LogP contribution in [0.25, 0.3) is 11.3 Å². The predicted octanol–water partition coefficient (Wildman–Crippen LogP) is 2.49. The predicted molar refractivity (Wildman–Crippen MR) is 57.3 cm³/mol. The van der Waals surface area contributed by atoms with Crippen LogP contribution in [0.2, 0.25) is 0 Å². The molecule has 16 heavy (non-hydrogen) atoms. The smallest absolute Gasteiger partial charge is 0.339 e. The number of aromatic nitrogens is 2. The number of hydrogen-bond donors (Lipinski definition) is 2. The molecule has 0 aliphatic rings. The van der Waals surface area contributed by atoms with E-state index in [9.17, 15) is 9.90 Å². The fourth-order valence-electron chi connectivity index (χ4n) is 1.60. The summed E-state index contributed by atoms with van der Waals surface area (Å²) in [6.07, 6.45) is 2.97. The van der Waals surface area contributed by atoms with E-state index in [1.807, 2.05) is 13.8 Å². The molecule has 0 fully saturated rings. The highest BCUT2D eigenvalue weighted by molar-refractivity contribution is 5.96. The molecule has 2 heterocycles. The molecule has 0 atom stereocenters. The van der Waals surface area contributed by atoms with Crippen LogP contribution in [0.15, 0.2) is 23.0 Å². The maximum Gasteiger partial charge on any atom is 0.339 e. The molecule has 0 saturated carbocycles. The quantitative estimate of drug-likeness (QED) is 0.832. The van der Waals surface area contributed by atoms with Crippen molar-refractivity contribution < 1.29 is 14.3 Å². The lowest BCUT2D eigenvalue weighted by molar-refractivity contribution is 0.0696. The van der Waals surface area contributed by atoms with Gasteiger partial charge in [0.25, 0.3) is 0 Å². The van der Waals surface area contributed by atoms with Gasteiger partial charge in [-0.25, -0.2) is 4.79 Å². The molecule has 0 aliphatic heterocycles. The number of furan rings is 1. The van der Waals surface area contributed by atoms with Gasteiger partial charge in [-0.2, -0.15) is 5.10 Å². The Morgan fingerprint density at radius 3 is 2.81 bits per heavy atom. The molecular weight excluding hydrogens is 208 g/mol. The fraction of sp³-hybridized carbons (Fsp3) is 0.273. The number of rotatable bonds is 3. The lowest BCUT2D eigenvalue weighted by atomic mass is 10.0. The highest BCUT2D eigenvalue weighted by Gasteiger charge is 2.22. The molecule has 2 aromatic heterocycles. The maximum atomic E-state index is 11.2. The van der Waals surface area contributed by atoms with Crippen LogP contribution in [0, 0.1) is 0 Å². The van der Waals surface area contributed by atoms with E-state index >= 15 is 0 Å². The zero-order valence-electron chi connectivity index (χ0n) is 9.02. The van der Waals surface area contributed by atoms with Crippen molar-refractivity contribution >= 4 is 5.97 Å². The van der Waals surface area contributed by atoms with E-state index in [2.05, 4.69) is 10.2 Å². The van der Waals surface area contributed by atoms with Crippen LogP contribution in [0.1, 0.15) is 35.8 Å². The number of carbonyl (C=O) groups is 1. The summed E-state index contributed by atoms with van der Waals surface area (Å²) in [7, 11) is 0. The molecule has 0 unspecified atom stereocenters. The Labute approximate surface area is 92.1 Å². The van der Waals surface area contributed by atoms with Gasteiger partial charge in [0, 0.05) is 5.56 Å². The van der Waals surface area contributed by atoms with Gasteiger partial charge in [-0.05, 0) is 12.0 Å². The van der Waals surface area contributed by atoms with Gasteiger partial charge in [-0.3, -0.25) is 5.10 Å². The summed E-state index contributed by atoms with van der Waals surface area (Å²) >= 11 is 0. The lowest BCUT2D eigenvalue weighted by Gasteiger charge is -2.02. The number of nitrogens with one attached hydrogen (secondary N) is 1. The van der Waals surface area contributed by atoms with E-state index in [0.29, 0.717) is 17.0 Å². The maximum absolute atomic E-state index is 11.2. The second-order valence-electron chi connectivity index (χ2n) is 3.83. The van der Waals surface area contributed by atoms with Crippen LogP contribution < -0.4 is 0 Å². The largest absolute Gasteiger partial charge is 0.478 e. The Balaban J connectivity index is 2.59. The average molecular weight is 220 g/mol. The summed E-state index contributed by atoms with van der Waals surface area (Å²) < 4.78 is 4.93. The monoisotopic (exact) mass is 220 g/mol. The summed E-state index contributed by atoms with van der Waals surface area (Å²) in [5, 5.41) is 16.0. The molecule has 2 rings (SSSR count). The van der Waals surface area contributed by atoms with Crippen LogP contribution in [-0.2, 0) is 0 Å². The second kappa shape index (κ2) is 3.84. The Morgan fingerprint density at radius 2 is 2.31 bits per heavy atom. The summed E-state index contributed by atoms with van der Waals surface area (Å²) in [4.78, 5) is 11.2. The zero-order chi connectivity index (χ0) is 11.7. The van der Waals surface area contributed by atoms with Crippen molar-refractivity contribution in [3.05, 3.63) is 29.9 Å². The molecule has 5 nitrogen and oxygen atoms in total. The van der Waals surface area contributed by atoms with Gasteiger partial charge in [0.2, 0.25) is 0 Å². The van der Waals surface area contributed by atoms with Gasteiger partial charge < -0.3 is 9.52 Å². The molecule has 0 spiro atoms. The minimum atomic E-state index is -0.978. The third-order valence-corrected chi connectivity index (χ3v) is 2.38. The molecule has 5 heteroatoms. The highest BCUT2D eigenvalue weighted by Crippen LogP contribution is 2.27. The number of hydrogen-bond acceptors (Lipinski definition) is 3. The van der Waals surface area contributed by atoms with Gasteiger partial charge in [0.1, 0.15) is 11.3 Å². The second-order valence-corrected chi connectivity index (χ2v) is 3.83. The van der Waals surface area contributed by atoms with Crippen LogP contribution >= 0.6 is 0 Å². The van der Waals surface area contributed by atoms with Gasteiger partial charge >= 0.3 is 5.97 Å². The molecule has 0 saturated heterocycles. The van der Waals surface area contributed by atoms with Crippen molar-refractivity contribution in [2.45, 2.75) is 19.8 Å². The molecule has 0 aliphatic carbocycles. The van der Waals surface area contributed by atoms with Crippen LogP contribution in [-0.4, -0.2) is 21.3 Å². The van der Waals surface area contributed by atoms with Gasteiger partial charge in [-0.1, -0.05) is 13.8 Å². The summed E-state index contributed by atoms with van der Waals surface area (Å²) in [5.74, 6) is -0.895. The standard InChI is InChI=1S/C11H12N2O3/c1-6(2)9-8(11(14)15)10(13-12-9)7-3-4-16-5-7/h3-6H,1-2H3,(H,12,13)(H,14,15). The summed E-state index contributed by atoms with van der Waals surface area (Å²) in [6.45, 7) is 3.83. The fourth-order valence-corrected chi connectivity index (χ4v) is 1.60. The number of H-pyrrole nitrogens is 1. The molecule has 0 bridgehead atoms. The molecule has 84 valence electrons. The first-order valence-corrected chi connectivity index (χ1v) is 4.95. The van der Waals surface area contributed by atoms with E-state index in [1.54, 1.807) is 6.07 Å². The molecular formula is C11H12N2O3. The van der Waals surface area contributed by atoms with Crippen molar-refractivity contribution in [3.63, 3.8) is 0 Å². The molecule has 2 N–H and O–H groups in total. The topological polar surface area (TPSA) is 79.1 Å². The van der Waals surface area contributed by atoms with Gasteiger partial charge in [0.05, 0.1) is 18.2 Å². The minimum absolute atomic E-state index is 0.0826. The molecule has 2 aromatic rings. The van der Waals surface area contributed by atoms with Crippen LogP contribution in [0.4, 0.5) is 0 Å². The van der Waals surface area contributed by atoms with Crippen molar-refractivity contribution in [2.24, 2.45) is 0 Å². The number of aromatic carboxylic acids is 1. The van der Waals surface area contributed by atoms with E-state index in [1.165, 1.54) is 12.5 Å². The first-order chi connectivity index (χ1) is 7.61. The Bertz CT molecular complexity index is 497. The van der Waals surface area contributed by atoms with Crippen LogP contribution in [0.3, 0.4) is 0 Å². The first-order valence-electron chi connectivity index (χ1n) is 4.95. The number of nitrogens with zero attached hydrogens (tertiary/aromatic N) is 1. The third kappa shape index (κ3) is 1.60. The lowest BCUT2D eigenvalue weighted by Crippen LogP contribution is -2.03.